The highest BCUT2D eigenvalue weighted by Crippen LogP contribution is 2.33. The number of hydrogen-bond donors (Lipinski definition) is 2. The summed E-state index contributed by atoms with van der Waals surface area (Å²) < 4.78 is 0. The predicted molar refractivity (Wildman–Crippen MR) is 142 cm³/mol. The van der Waals surface area contributed by atoms with E-state index in [9.17, 15) is 9.59 Å². The molecule has 0 aliphatic heterocycles. The summed E-state index contributed by atoms with van der Waals surface area (Å²) in [5.41, 5.74) is 5.16. The summed E-state index contributed by atoms with van der Waals surface area (Å²) in [6.07, 6.45) is 1.94. The normalized spacial score (nSPS) is 11.8. The molecule has 0 spiro atoms. The van der Waals surface area contributed by atoms with Crippen LogP contribution in [0.5, 0.6) is 0 Å². The van der Waals surface area contributed by atoms with Gasteiger partial charge in [-0.05, 0) is 69.8 Å². The maximum absolute atomic E-state index is 12.3. The molecule has 4 aromatic carbocycles. The number of nitrogens with one attached hydrogen (secondary N) is 1. The van der Waals surface area contributed by atoms with Crippen LogP contribution in [0.25, 0.3) is 21.9 Å². The van der Waals surface area contributed by atoms with E-state index in [1.807, 2.05) is 42.5 Å². The minimum absolute atomic E-state index is 0.0923. The third kappa shape index (κ3) is 6.09. The van der Waals surface area contributed by atoms with Crippen molar-refractivity contribution in [3.8, 4) is 11.1 Å². The number of benzene rings is 4. The third-order valence-corrected chi connectivity index (χ3v) is 6.44. The standard InChI is InChI=1S/C30H28ClNO3/c1-2-4-28(20-7-9-21(10-8-20)30(35)32-16-15-29(33)34)26-14-13-24-17-23(11-12-25(24)18-26)22-5-3-6-27(31)19-22/h3,5-14,17-19,28H,2,4,15-16H2,1H3,(H,32,35)(H,33,34). The van der Waals surface area contributed by atoms with Gasteiger partial charge >= 0.3 is 5.97 Å². The average Bonchev–Trinajstić information content (AvgIpc) is 2.86. The first-order chi connectivity index (χ1) is 16.9. The van der Waals surface area contributed by atoms with Gasteiger partial charge in [0.2, 0.25) is 0 Å². The van der Waals surface area contributed by atoms with Crippen molar-refractivity contribution in [3.63, 3.8) is 0 Å². The van der Waals surface area contributed by atoms with Gasteiger partial charge in [0.05, 0.1) is 6.42 Å². The number of carboxylic acids is 1. The molecule has 0 aliphatic rings. The Morgan fingerprint density at radius 3 is 2.26 bits per heavy atom. The van der Waals surface area contributed by atoms with Gasteiger partial charge in [0.15, 0.2) is 0 Å². The molecule has 4 nitrogen and oxygen atoms in total. The van der Waals surface area contributed by atoms with Crippen molar-refractivity contribution in [3.05, 3.63) is 107 Å². The fraction of sp³-hybridized carbons (Fsp3) is 0.200. The van der Waals surface area contributed by atoms with E-state index in [-0.39, 0.29) is 24.8 Å². The van der Waals surface area contributed by atoms with Gasteiger partial charge in [0.25, 0.3) is 5.91 Å². The number of carbonyl (C=O) groups is 2. The highest BCUT2D eigenvalue weighted by atomic mass is 35.5. The van der Waals surface area contributed by atoms with Crippen LogP contribution in [-0.4, -0.2) is 23.5 Å². The molecule has 2 N–H and O–H groups in total. The van der Waals surface area contributed by atoms with Crippen molar-refractivity contribution in [2.24, 2.45) is 0 Å². The van der Waals surface area contributed by atoms with E-state index in [0.29, 0.717) is 5.56 Å². The minimum Gasteiger partial charge on any atom is -0.481 e. The summed E-state index contributed by atoms with van der Waals surface area (Å²) in [6.45, 7) is 2.29. The first-order valence-corrected chi connectivity index (χ1v) is 12.2. The average molecular weight is 486 g/mol. The van der Waals surface area contributed by atoms with E-state index in [0.717, 1.165) is 34.6 Å². The Balaban J connectivity index is 1.56. The van der Waals surface area contributed by atoms with Crippen LogP contribution >= 0.6 is 11.6 Å². The molecule has 0 fully saturated rings. The van der Waals surface area contributed by atoms with Crippen molar-refractivity contribution in [1.29, 1.82) is 0 Å². The fourth-order valence-electron chi connectivity index (χ4n) is 4.39. The molecular weight excluding hydrogens is 458 g/mol. The number of carboxylic acid groups (broad SMARTS) is 1. The van der Waals surface area contributed by atoms with E-state index < -0.39 is 5.97 Å². The maximum Gasteiger partial charge on any atom is 0.305 e. The van der Waals surface area contributed by atoms with E-state index in [4.69, 9.17) is 16.7 Å². The van der Waals surface area contributed by atoms with Gasteiger partial charge in [0.1, 0.15) is 0 Å². The molecule has 178 valence electrons. The third-order valence-electron chi connectivity index (χ3n) is 6.20. The Hall–Kier alpha value is -3.63. The molecule has 0 radical (unpaired) electrons. The summed E-state index contributed by atoms with van der Waals surface area (Å²) in [7, 11) is 0. The van der Waals surface area contributed by atoms with E-state index in [2.05, 4.69) is 54.7 Å². The van der Waals surface area contributed by atoms with Crippen LogP contribution in [0.4, 0.5) is 0 Å². The van der Waals surface area contributed by atoms with Gasteiger partial charge < -0.3 is 10.4 Å². The lowest BCUT2D eigenvalue weighted by atomic mass is 9.86. The topological polar surface area (TPSA) is 66.4 Å². The molecule has 5 heteroatoms. The number of amides is 1. The first kappa shape index (κ1) is 24.5. The second-order valence-electron chi connectivity index (χ2n) is 8.69. The molecule has 1 unspecified atom stereocenters. The van der Waals surface area contributed by atoms with Gasteiger partial charge in [-0.1, -0.05) is 79.5 Å². The Bertz CT molecular complexity index is 1350. The summed E-state index contributed by atoms with van der Waals surface area (Å²) >= 11 is 6.17. The molecule has 4 rings (SSSR count). The van der Waals surface area contributed by atoms with Crippen LogP contribution in [0.3, 0.4) is 0 Å². The summed E-state index contributed by atoms with van der Waals surface area (Å²) in [6, 6.07) is 28.6. The molecule has 1 atom stereocenters. The van der Waals surface area contributed by atoms with Crippen molar-refractivity contribution < 1.29 is 14.7 Å². The quantitative estimate of drug-likeness (QED) is 0.261. The maximum atomic E-state index is 12.3. The summed E-state index contributed by atoms with van der Waals surface area (Å²) in [5.74, 6) is -0.966. The smallest absolute Gasteiger partial charge is 0.305 e. The summed E-state index contributed by atoms with van der Waals surface area (Å²) in [5, 5.41) is 14.5. The molecule has 0 aromatic heterocycles. The Morgan fingerprint density at radius 1 is 0.857 bits per heavy atom. The molecule has 0 saturated carbocycles. The second kappa shape index (κ2) is 11.2. The number of hydrogen-bond acceptors (Lipinski definition) is 2. The number of carbonyl (C=O) groups excluding carboxylic acids is 1. The number of rotatable bonds is 9. The van der Waals surface area contributed by atoms with Crippen LogP contribution in [0.15, 0.2) is 84.9 Å². The van der Waals surface area contributed by atoms with E-state index in [1.165, 1.54) is 16.3 Å². The van der Waals surface area contributed by atoms with Crippen LogP contribution in [0, 0.1) is 0 Å². The molecule has 0 saturated heterocycles. The second-order valence-corrected chi connectivity index (χ2v) is 9.13. The molecule has 0 heterocycles. The highest BCUT2D eigenvalue weighted by Gasteiger charge is 2.15. The monoisotopic (exact) mass is 485 g/mol. The SMILES string of the molecule is CCCC(c1ccc(C(=O)NCCC(=O)O)cc1)c1ccc2cc(-c3cccc(Cl)c3)ccc2c1. The van der Waals surface area contributed by atoms with Gasteiger partial charge in [-0.15, -0.1) is 0 Å². The molecule has 4 aromatic rings. The molecule has 1 amide bonds. The number of fused-ring (bicyclic) bond motifs is 1. The Kier molecular flexibility index (Phi) is 7.84. The highest BCUT2D eigenvalue weighted by molar-refractivity contribution is 6.30. The fourth-order valence-corrected chi connectivity index (χ4v) is 4.59. The van der Waals surface area contributed by atoms with Crippen molar-refractivity contribution in [1.82, 2.24) is 5.32 Å². The van der Waals surface area contributed by atoms with Crippen LogP contribution in [0.1, 0.15) is 53.6 Å². The number of aliphatic carboxylic acids is 1. The van der Waals surface area contributed by atoms with Gasteiger partial charge in [0, 0.05) is 23.0 Å². The van der Waals surface area contributed by atoms with Crippen molar-refractivity contribution >= 4 is 34.2 Å². The van der Waals surface area contributed by atoms with Gasteiger partial charge in [-0.2, -0.15) is 0 Å². The van der Waals surface area contributed by atoms with Crippen molar-refractivity contribution in [2.75, 3.05) is 6.54 Å². The number of halogens is 1. The Labute approximate surface area is 210 Å². The van der Waals surface area contributed by atoms with Crippen LogP contribution < -0.4 is 5.32 Å². The lowest BCUT2D eigenvalue weighted by Crippen LogP contribution is -2.25. The van der Waals surface area contributed by atoms with Crippen molar-refractivity contribution in [2.45, 2.75) is 32.1 Å². The van der Waals surface area contributed by atoms with Crippen LogP contribution in [-0.2, 0) is 4.79 Å². The molecule has 35 heavy (non-hydrogen) atoms. The lowest BCUT2D eigenvalue weighted by molar-refractivity contribution is -0.136. The van der Waals surface area contributed by atoms with E-state index in [1.54, 1.807) is 0 Å². The zero-order valence-corrected chi connectivity index (χ0v) is 20.4. The van der Waals surface area contributed by atoms with Crippen LogP contribution in [0.2, 0.25) is 5.02 Å². The largest absolute Gasteiger partial charge is 0.481 e. The molecular formula is C30H28ClNO3. The first-order valence-electron chi connectivity index (χ1n) is 11.8. The lowest BCUT2D eigenvalue weighted by Gasteiger charge is -2.19. The molecule has 0 bridgehead atoms. The molecule has 0 aliphatic carbocycles. The van der Waals surface area contributed by atoms with Gasteiger partial charge in [-0.25, -0.2) is 0 Å². The minimum atomic E-state index is -0.931. The zero-order chi connectivity index (χ0) is 24.8. The predicted octanol–water partition coefficient (Wildman–Crippen LogP) is 7.30. The van der Waals surface area contributed by atoms with Gasteiger partial charge in [-0.3, -0.25) is 9.59 Å². The zero-order valence-electron chi connectivity index (χ0n) is 19.6. The summed E-state index contributed by atoms with van der Waals surface area (Å²) in [4.78, 5) is 22.9. The van der Waals surface area contributed by atoms with E-state index >= 15 is 0 Å². The Morgan fingerprint density at radius 2 is 1.54 bits per heavy atom.